The van der Waals surface area contributed by atoms with Crippen molar-refractivity contribution in [3.63, 3.8) is 0 Å². The predicted octanol–water partition coefficient (Wildman–Crippen LogP) is 5.82. The summed E-state index contributed by atoms with van der Waals surface area (Å²) in [5, 5.41) is 5.94. The first-order valence-electron chi connectivity index (χ1n) is 11.6. The molecule has 1 aliphatic heterocycles. The normalized spacial score (nSPS) is 15.3. The Labute approximate surface area is 194 Å². The van der Waals surface area contributed by atoms with Crippen molar-refractivity contribution in [3.05, 3.63) is 78.1 Å². The summed E-state index contributed by atoms with van der Waals surface area (Å²) in [6.07, 6.45) is 8.95. The number of anilines is 2. The zero-order chi connectivity index (χ0) is 22.6. The molecule has 1 fully saturated rings. The molecule has 6 nitrogen and oxygen atoms in total. The lowest BCUT2D eigenvalue weighted by Crippen LogP contribution is -2.30. The summed E-state index contributed by atoms with van der Waals surface area (Å²) in [6.45, 7) is 1.17. The number of aromatic nitrogens is 1. The first-order chi connectivity index (χ1) is 16.1. The van der Waals surface area contributed by atoms with Crippen LogP contribution in [0.15, 0.2) is 67.0 Å². The maximum atomic E-state index is 12.8. The SMILES string of the molecule is O=C(CC1CCCC1)Nc1ccc(NC(=O)N2Cc3ccc(-c4ccncc4)cc3C2)cc1. The zero-order valence-electron chi connectivity index (χ0n) is 18.6. The van der Waals surface area contributed by atoms with Crippen molar-refractivity contribution >= 4 is 23.3 Å². The predicted molar refractivity (Wildman–Crippen MR) is 130 cm³/mol. The third-order valence-corrected chi connectivity index (χ3v) is 6.60. The van der Waals surface area contributed by atoms with Crippen LogP contribution in [0.3, 0.4) is 0 Å². The van der Waals surface area contributed by atoms with Crippen molar-refractivity contribution in [2.24, 2.45) is 5.92 Å². The fourth-order valence-electron chi connectivity index (χ4n) is 4.79. The Kier molecular flexibility index (Phi) is 6.07. The van der Waals surface area contributed by atoms with Crippen molar-refractivity contribution in [1.82, 2.24) is 9.88 Å². The van der Waals surface area contributed by atoms with Crippen molar-refractivity contribution in [2.45, 2.75) is 45.2 Å². The minimum atomic E-state index is -0.130. The van der Waals surface area contributed by atoms with Gasteiger partial charge in [-0.2, -0.15) is 0 Å². The Morgan fingerprint density at radius 3 is 2.21 bits per heavy atom. The summed E-state index contributed by atoms with van der Waals surface area (Å²) in [5.41, 5.74) is 6.05. The first kappa shape index (κ1) is 21.2. The molecule has 5 rings (SSSR count). The lowest BCUT2D eigenvalue weighted by Gasteiger charge is -2.16. The number of amides is 3. The molecule has 2 aliphatic rings. The number of carbonyl (C=O) groups is 2. The van der Waals surface area contributed by atoms with Gasteiger partial charge in [-0.15, -0.1) is 0 Å². The van der Waals surface area contributed by atoms with E-state index in [0.717, 1.165) is 29.7 Å². The van der Waals surface area contributed by atoms with E-state index in [1.807, 2.05) is 36.4 Å². The molecule has 2 N–H and O–H groups in total. The number of urea groups is 1. The van der Waals surface area contributed by atoms with E-state index in [4.69, 9.17) is 0 Å². The molecule has 1 aliphatic carbocycles. The number of rotatable bonds is 5. The quantitative estimate of drug-likeness (QED) is 0.525. The Morgan fingerprint density at radius 2 is 1.48 bits per heavy atom. The largest absolute Gasteiger partial charge is 0.326 e. The highest BCUT2D eigenvalue weighted by Gasteiger charge is 2.24. The third-order valence-electron chi connectivity index (χ3n) is 6.60. The van der Waals surface area contributed by atoms with E-state index in [1.54, 1.807) is 17.3 Å². The standard InChI is InChI=1S/C27H28N4O2/c32-26(15-19-3-1-2-4-19)29-24-7-9-25(10-8-24)30-27(33)31-17-22-6-5-21(16-23(22)18-31)20-11-13-28-14-12-20/h5-14,16,19H,1-4,15,17-18H2,(H,29,32)(H,30,33). The maximum Gasteiger partial charge on any atom is 0.322 e. The van der Waals surface area contributed by atoms with Crippen LogP contribution in [-0.4, -0.2) is 21.8 Å². The molecule has 1 aromatic heterocycles. The summed E-state index contributed by atoms with van der Waals surface area (Å²) in [6, 6.07) is 17.5. The highest BCUT2D eigenvalue weighted by molar-refractivity contribution is 5.92. The van der Waals surface area contributed by atoms with Crippen LogP contribution in [0.4, 0.5) is 16.2 Å². The summed E-state index contributed by atoms with van der Waals surface area (Å²) >= 11 is 0. The van der Waals surface area contributed by atoms with Gasteiger partial charge in [-0.1, -0.05) is 25.0 Å². The smallest absolute Gasteiger partial charge is 0.322 e. The van der Waals surface area contributed by atoms with Crippen LogP contribution >= 0.6 is 0 Å². The minimum absolute atomic E-state index is 0.0691. The van der Waals surface area contributed by atoms with Gasteiger partial charge in [0.1, 0.15) is 0 Å². The molecular formula is C27H28N4O2. The number of carbonyl (C=O) groups excluding carboxylic acids is 2. The monoisotopic (exact) mass is 440 g/mol. The molecule has 0 unspecified atom stereocenters. The molecule has 168 valence electrons. The van der Waals surface area contributed by atoms with Crippen LogP contribution in [0.5, 0.6) is 0 Å². The van der Waals surface area contributed by atoms with Gasteiger partial charge >= 0.3 is 6.03 Å². The first-order valence-corrected chi connectivity index (χ1v) is 11.6. The van der Waals surface area contributed by atoms with Crippen molar-refractivity contribution in [2.75, 3.05) is 10.6 Å². The molecule has 0 bridgehead atoms. The van der Waals surface area contributed by atoms with Gasteiger partial charge in [0, 0.05) is 43.3 Å². The summed E-state index contributed by atoms with van der Waals surface area (Å²) in [5.74, 6) is 0.591. The van der Waals surface area contributed by atoms with Crippen LogP contribution < -0.4 is 10.6 Å². The minimum Gasteiger partial charge on any atom is -0.326 e. The van der Waals surface area contributed by atoms with Crippen LogP contribution in [0, 0.1) is 5.92 Å². The van der Waals surface area contributed by atoms with Crippen molar-refractivity contribution in [1.29, 1.82) is 0 Å². The molecule has 2 heterocycles. The van der Waals surface area contributed by atoms with Gasteiger partial charge in [0.2, 0.25) is 5.91 Å². The van der Waals surface area contributed by atoms with E-state index in [9.17, 15) is 9.59 Å². The molecule has 0 atom stereocenters. The average molecular weight is 441 g/mol. The second-order valence-electron chi connectivity index (χ2n) is 8.99. The topological polar surface area (TPSA) is 74.3 Å². The van der Waals surface area contributed by atoms with Gasteiger partial charge in [0.05, 0.1) is 0 Å². The lowest BCUT2D eigenvalue weighted by molar-refractivity contribution is -0.117. The Bertz CT molecular complexity index is 1140. The Hall–Kier alpha value is -3.67. The second kappa shape index (κ2) is 9.45. The highest BCUT2D eigenvalue weighted by atomic mass is 16.2. The van der Waals surface area contributed by atoms with E-state index in [0.29, 0.717) is 31.1 Å². The third kappa shape index (κ3) is 5.06. The molecular weight excluding hydrogens is 412 g/mol. The van der Waals surface area contributed by atoms with Crippen LogP contribution in [0.1, 0.15) is 43.2 Å². The molecule has 33 heavy (non-hydrogen) atoms. The molecule has 2 aromatic carbocycles. The van der Waals surface area contributed by atoms with E-state index >= 15 is 0 Å². The number of nitrogens with one attached hydrogen (secondary N) is 2. The molecule has 0 radical (unpaired) electrons. The summed E-state index contributed by atoms with van der Waals surface area (Å²) in [4.78, 5) is 30.9. The van der Waals surface area contributed by atoms with Gasteiger partial charge in [-0.05, 0) is 83.5 Å². The lowest BCUT2D eigenvalue weighted by atomic mass is 10.0. The fraction of sp³-hybridized carbons (Fsp3) is 0.296. The molecule has 0 saturated heterocycles. The van der Waals surface area contributed by atoms with E-state index < -0.39 is 0 Å². The molecule has 3 amide bonds. The van der Waals surface area contributed by atoms with Gasteiger partial charge in [-0.3, -0.25) is 9.78 Å². The Morgan fingerprint density at radius 1 is 0.818 bits per heavy atom. The van der Waals surface area contributed by atoms with Crippen LogP contribution in [-0.2, 0) is 17.9 Å². The number of benzene rings is 2. The van der Waals surface area contributed by atoms with Gasteiger partial charge in [0.25, 0.3) is 0 Å². The van der Waals surface area contributed by atoms with Crippen molar-refractivity contribution < 1.29 is 9.59 Å². The number of fused-ring (bicyclic) bond motifs is 1. The molecule has 0 spiro atoms. The summed E-state index contributed by atoms with van der Waals surface area (Å²) < 4.78 is 0. The zero-order valence-corrected chi connectivity index (χ0v) is 18.6. The number of hydrogen-bond donors (Lipinski definition) is 2. The van der Waals surface area contributed by atoms with E-state index in [2.05, 4.69) is 33.8 Å². The molecule has 1 saturated carbocycles. The number of hydrogen-bond acceptors (Lipinski definition) is 3. The second-order valence-corrected chi connectivity index (χ2v) is 8.99. The number of pyridine rings is 1. The summed E-state index contributed by atoms with van der Waals surface area (Å²) in [7, 11) is 0. The fourth-order valence-corrected chi connectivity index (χ4v) is 4.79. The van der Waals surface area contributed by atoms with Crippen LogP contribution in [0.2, 0.25) is 0 Å². The average Bonchev–Trinajstić information content (AvgIpc) is 3.50. The van der Waals surface area contributed by atoms with Gasteiger partial charge in [0.15, 0.2) is 0 Å². The van der Waals surface area contributed by atoms with Gasteiger partial charge < -0.3 is 15.5 Å². The molecule has 3 aromatic rings. The van der Waals surface area contributed by atoms with Crippen molar-refractivity contribution in [3.8, 4) is 11.1 Å². The van der Waals surface area contributed by atoms with Crippen LogP contribution in [0.25, 0.3) is 11.1 Å². The van der Waals surface area contributed by atoms with Gasteiger partial charge in [-0.25, -0.2) is 4.79 Å². The molecule has 6 heteroatoms. The highest BCUT2D eigenvalue weighted by Crippen LogP contribution is 2.29. The Balaban J connectivity index is 1.16. The maximum absolute atomic E-state index is 12.8. The van der Waals surface area contributed by atoms with E-state index in [-0.39, 0.29) is 11.9 Å². The number of nitrogens with zero attached hydrogens (tertiary/aromatic N) is 2. The van der Waals surface area contributed by atoms with E-state index in [1.165, 1.54) is 24.0 Å².